The van der Waals surface area contributed by atoms with E-state index in [1.54, 1.807) is 7.11 Å². The monoisotopic (exact) mass is 266 g/mol. The van der Waals surface area contributed by atoms with E-state index in [-0.39, 0.29) is 6.61 Å². The molecule has 0 N–H and O–H groups in total. The van der Waals surface area contributed by atoms with E-state index in [1.165, 1.54) is 17.1 Å². The van der Waals surface area contributed by atoms with Gasteiger partial charge in [0.2, 0.25) is 0 Å². The Hall–Kier alpha value is -0.920. The predicted octanol–water partition coefficient (Wildman–Crippen LogP) is 3.19. The van der Waals surface area contributed by atoms with Crippen LogP contribution in [0.25, 0.3) is 0 Å². The maximum Gasteiger partial charge on any atom is 0.167 e. The van der Waals surface area contributed by atoms with Crippen LogP contribution in [-0.4, -0.2) is 25.2 Å². The standard InChI is InChI=1S/C13H14O2S2/c1-3-7-15-12-10(13-16-8-9-17-13)5-4-6-11(12)14-2/h1,4-6,13H,7-9H2,2H3. The summed E-state index contributed by atoms with van der Waals surface area (Å²) >= 11 is 3.88. The fraction of sp³-hybridized carbons (Fsp3) is 0.385. The maximum absolute atomic E-state index is 5.63. The lowest BCUT2D eigenvalue weighted by atomic mass is 10.2. The topological polar surface area (TPSA) is 18.5 Å². The zero-order valence-corrected chi connectivity index (χ0v) is 11.3. The van der Waals surface area contributed by atoms with E-state index in [0.717, 1.165) is 11.5 Å². The highest BCUT2D eigenvalue weighted by Gasteiger charge is 2.23. The number of para-hydroxylation sites is 1. The van der Waals surface area contributed by atoms with Crippen molar-refractivity contribution in [3.8, 4) is 23.8 Å². The Morgan fingerprint density at radius 1 is 1.41 bits per heavy atom. The molecule has 0 atom stereocenters. The van der Waals surface area contributed by atoms with Crippen LogP contribution in [0.2, 0.25) is 0 Å². The first kappa shape index (κ1) is 12.5. The fourth-order valence-electron chi connectivity index (χ4n) is 1.69. The van der Waals surface area contributed by atoms with Crippen molar-refractivity contribution < 1.29 is 9.47 Å². The third-order valence-corrected chi connectivity index (χ3v) is 5.47. The van der Waals surface area contributed by atoms with Crippen LogP contribution >= 0.6 is 23.5 Å². The molecular formula is C13H14O2S2. The summed E-state index contributed by atoms with van der Waals surface area (Å²) in [4.78, 5) is 0. The average Bonchev–Trinajstić information content (AvgIpc) is 2.89. The van der Waals surface area contributed by atoms with Gasteiger partial charge in [0.25, 0.3) is 0 Å². The first-order chi connectivity index (χ1) is 8.36. The number of thioether (sulfide) groups is 2. The van der Waals surface area contributed by atoms with E-state index in [2.05, 4.69) is 12.0 Å². The summed E-state index contributed by atoms with van der Waals surface area (Å²) in [5, 5.41) is 0. The number of hydrogen-bond acceptors (Lipinski definition) is 4. The molecule has 1 aliphatic rings. The lowest BCUT2D eigenvalue weighted by molar-refractivity contribution is 0.328. The maximum atomic E-state index is 5.63. The molecule has 4 heteroatoms. The second-order valence-corrected chi connectivity index (χ2v) is 6.17. The Balaban J connectivity index is 2.31. The Labute approximate surface area is 110 Å². The molecule has 1 aromatic rings. The van der Waals surface area contributed by atoms with Gasteiger partial charge in [-0.25, -0.2) is 0 Å². The molecule has 1 fully saturated rings. The second kappa shape index (κ2) is 6.13. The van der Waals surface area contributed by atoms with Crippen molar-refractivity contribution in [2.24, 2.45) is 0 Å². The highest BCUT2D eigenvalue weighted by atomic mass is 32.2. The van der Waals surface area contributed by atoms with Gasteiger partial charge in [-0.1, -0.05) is 18.1 Å². The van der Waals surface area contributed by atoms with Crippen LogP contribution in [0.4, 0.5) is 0 Å². The molecule has 1 aliphatic heterocycles. The summed E-state index contributed by atoms with van der Waals surface area (Å²) in [5.74, 6) is 6.40. The Kier molecular flexibility index (Phi) is 4.52. The zero-order valence-electron chi connectivity index (χ0n) is 9.64. The third-order valence-electron chi connectivity index (χ3n) is 2.40. The van der Waals surface area contributed by atoms with E-state index >= 15 is 0 Å². The fourth-order valence-corrected chi connectivity index (χ4v) is 4.58. The van der Waals surface area contributed by atoms with Crippen molar-refractivity contribution in [1.82, 2.24) is 0 Å². The van der Waals surface area contributed by atoms with E-state index in [4.69, 9.17) is 15.9 Å². The van der Waals surface area contributed by atoms with Crippen LogP contribution < -0.4 is 9.47 Å². The smallest absolute Gasteiger partial charge is 0.167 e. The summed E-state index contributed by atoms with van der Waals surface area (Å²) in [6.07, 6.45) is 5.25. The van der Waals surface area contributed by atoms with E-state index < -0.39 is 0 Å². The van der Waals surface area contributed by atoms with Crippen LogP contribution in [0.15, 0.2) is 18.2 Å². The second-order valence-electron chi connectivity index (χ2n) is 3.44. The number of rotatable bonds is 4. The van der Waals surface area contributed by atoms with Crippen LogP contribution in [0.5, 0.6) is 11.5 Å². The van der Waals surface area contributed by atoms with Crippen LogP contribution in [-0.2, 0) is 0 Å². The number of terminal acetylenes is 1. The molecule has 2 nitrogen and oxygen atoms in total. The summed E-state index contributed by atoms with van der Waals surface area (Å²) in [5.41, 5.74) is 1.17. The summed E-state index contributed by atoms with van der Waals surface area (Å²) in [7, 11) is 1.65. The van der Waals surface area contributed by atoms with Gasteiger partial charge in [-0.05, 0) is 6.07 Å². The van der Waals surface area contributed by atoms with Gasteiger partial charge in [0.05, 0.1) is 11.7 Å². The lowest BCUT2D eigenvalue weighted by Gasteiger charge is -2.16. The van der Waals surface area contributed by atoms with Crippen LogP contribution in [0.3, 0.4) is 0 Å². The SMILES string of the molecule is C#CCOc1c(OC)cccc1C1SCCS1. The normalized spacial score (nSPS) is 15.5. The average molecular weight is 266 g/mol. The molecule has 2 rings (SSSR count). The number of ether oxygens (including phenoxy) is 2. The molecule has 17 heavy (non-hydrogen) atoms. The Morgan fingerprint density at radius 3 is 2.82 bits per heavy atom. The van der Waals surface area contributed by atoms with Gasteiger partial charge in [0.1, 0.15) is 6.61 Å². The molecule has 0 aromatic heterocycles. The summed E-state index contributed by atoms with van der Waals surface area (Å²) in [6.45, 7) is 0.273. The molecule has 0 spiro atoms. The van der Waals surface area contributed by atoms with Gasteiger partial charge in [0, 0.05) is 17.1 Å². The van der Waals surface area contributed by atoms with E-state index in [1.807, 2.05) is 35.7 Å². The first-order valence-corrected chi connectivity index (χ1v) is 7.43. The van der Waals surface area contributed by atoms with Crippen molar-refractivity contribution in [1.29, 1.82) is 0 Å². The minimum atomic E-state index is 0.273. The first-order valence-electron chi connectivity index (χ1n) is 5.33. The van der Waals surface area contributed by atoms with E-state index in [9.17, 15) is 0 Å². The molecule has 90 valence electrons. The zero-order chi connectivity index (χ0) is 12.1. The van der Waals surface area contributed by atoms with Gasteiger partial charge in [-0.2, -0.15) is 0 Å². The van der Waals surface area contributed by atoms with Gasteiger partial charge in [0.15, 0.2) is 11.5 Å². The van der Waals surface area contributed by atoms with Gasteiger partial charge < -0.3 is 9.47 Å². The van der Waals surface area contributed by atoms with Crippen molar-refractivity contribution in [3.05, 3.63) is 23.8 Å². The molecule has 0 saturated carbocycles. The highest BCUT2D eigenvalue weighted by molar-refractivity contribution is 8.19. The molecule has 0 unspecified atom stereocenters. The molecular weight excluding hydrogens is 252 g/mol. The quantitative estimate of drug-likeness (QED) is 0.779. The highest BCUT2D eigenvalue weighted by Crippen LogP contribution is 2.50. The summed E-state index contributed by atoms with van der Waals surface area (Å²) < 4.78 is 11.4. The number of hydrogen-bond donors (Lipinski definition) is 0. The van der Waals surface area contributed by atoms with Crippen molar-refractivity contribution in [2.45, 2.75) is 4.58 Å². The third kappa shape index (κ3) is 2.85. The minimum absolute atomic E-state index is 0.273. The van der Waals surface area contributed by atoms with Crippen molar-refractivity contribution in [3.63, 3.8) is 0 Å². The van der Waals surface area contributed by atoms with Crippen LogP contribution in [0, 0.1) is 12.3 Å². The summed E-state index contributed by atoms with van der Waals surface area (Å²) in [6, 6.07) is 5.99. The largest absolute Gasteiger partial charge is 0.493 e. The lowest BCUT2D eigenvalue weighted by Crippen LogP contribution is -2.01. The Bertz CT molecular complexity index is 420. The number of methoxy groups -OCH3 is 1. The molecule has 1 aromatic carbocycles. The molecule has 0 amide bonds. The van der Waals surface area contributed by atoms with Crippen molar-refractivity contribution >= 4 is 23.5 Å². The minimum Gasteiger partial charge on any atom is -0.493 e. The molecule has 0 aliphatic carbocycles. The number of benzene rings is 1. The molecule has 0 radical (unpaired) electrons. The van der Waals surface area contributed by atoms with Gasteiger partial charge >= 0.3 is 0 Å². The van der Waals surface area contributed by atoms with Crippen LogP contribution in [0.1, 0.15) is 10.1 Å². The molecule has 1 saturated heterocycles. The Morgan fingerprint density at radius 2 is 2.18 bits per heavy atom. The van der Waals surface area contributed by atoms with E-state index in [0.29, 0.717) is 4.58 Å². The van der Waals surface area contributed by atoms with Gasteiger partial charge in [-0.3, -0.25) is 0 Å². The molecule has 1 heterocycles. The molecule has 0 bridgehead atoms. The predicted molar refractivity (Wildman–Crippen MR) is 75.0 cm³/mol. The van der Waals surface area contributed by atoms with Crippen molar-refractivity contribution in [2.75, 3.05) is 25.2 Å². The van der Waals surface area contributed by atoms with Gasteiger partial charge in [-0.15, -0.1) is 29.9 Å².